The molecule has 9 nitrogen and oxygen atoms in total. The van der Waals surface area contributed by atoms with Crippen LogP contribution in [0.1, 0.15) is 18.3 Å². The standard InChI is InChI=1S/C23H26N2O7/c1-5-31-20(23(27)28)10-14-6-8-15(9-7-14)32-13-21-24-17-12-19(30-4)18(29-3)11-16(17)22(26)25(21)2/h6-9,11-12,20H,5,10,13H2,1-4H3,(H,27,28). The highest BCUT2D eigenvalue weighted by Crippen LogP contribution is 2.30. The zero-order valence-electron chi connectivity index (χ0n) is 18.5. The Labute approximate surface area is 185 Å². The highest BCUT2D eigenvalue weighted by molar-refractivity contribution is 5.82. The number of ether oxygens (including phenoxy) is 4. The third kappa shape index (κ3) is 5.00. The largest absolute Gasteiger partial charge is 0.493 e. The summed E-state index contributed by atoms with van der Waals surface area (Å²) < 4.78 is 23.1. The van der Waals surface area contributed by atoms with Gasteiger partial charge in [0.1, 0.15) is 18.2 Å². The molecule has 0 saturated carbocycles. The Morgan fingerprint density at radius 3 is 2.38 bits per heavy atom. The number of hydrogen-bond donors (Lipinski definition) is 1. The second-order valence-corrected chi connectivity index (χ2v) is 7.04. The minimum absolute atomic E-state index is 0.0755. The van der Waals surface area contributed by atoms with Gasteiger partial charge < -0.3 is 24.1 Å². The molecular formula is C23H26N2O7. The summed E-state index contributed by atoms with van der Waals surface area (Å²) in [6.07, 6.45) is -0.631. The molecule has 0 spiro atoms. The number of fused-ring (bicyclic) bond motifs is 1. The monoisotopic (exact) mass is 442 g/mol. The molecule has 0 aliphatic rings. The van der Waals surface area contributed by atoms with E-state index in [4.69, 9.17) is 18.9 Å². The maximum absolute atomic E-state index is 12.8. The van der Waals surface area contributed by atoms with E-state index in [1.807, 2.05) is 0 Å². The molecule has 2 aromatic carbocycles. The normalized spacial score (nSPS) is 11.9. The van der Waals surface area contributed by atoms with Crippen molar-refractivity contribution in [3.8, 4) is 17.2 Å². The van der Waals surface area contributed by atoms with Crippen LogP contribution in [-0.4, -0.2) is 47.6 Å². The van der Waals surface area contributed by atoms with Crippen molar-refractivity contribution in [2.75, 3.05) is 20.8 Å². The molecule has 1 N–H and O–H groups in total. The van der Waals surface area contributed by atoms with E-state index in [9.17, 15) is 14.7 Å². The molecule has 1 aromatic heterocycles. The van der Waals surface area contributed by atoms with Crippen molar-refractivity contribution >= 4 is 16.9 Å². The van der Waals surface area contributed by atoms with Crippen molar-refractivity contribution in [1.29, 1.82) is 0 Å². The third-order valence-electron chi connectivity index (χ3n) is 5.03. The number of carbonyl (C=O) groups is 1. The van der Waals surface area contributed by atoms with Gasteiger partial charge in [0.15, 0.2) is 17.6 Å². The van der Waals surface area contributed by atoms with Gasteiger partial charge in [0.25, 0.3) is 5.56 Å². The molecule has 3 aromatic rings. The van der Waals surface area contributed by atoms with Crippen LogP contribution in [0.4, 0.5) is 0 Å². The minimum atomic E-state index is -0.996. The Morgan fingerprint density at radius 2 is 1.78 bits per heavy atom. The van der Waals surface area contributed by atoms with Gasteiger partial charge in [0.2, 0.25) is 0 Å². The van der Waals surface area contributed by atoms with Crippen molar-refractivity contribution in [2.24, 2.45) is 7.05 Å². The van der Waals surface area contributed by atoms with Gasteiger partial charge in [0, 0.05) is 26.1 Å². The van der Waals surface area contributed by atoms with Crippen LogP contribution in [0.2, 0.25) is 0 Å². The van der Waals surface area contributed by atoms with E-state index in [0.717, 1.165) is 5.56 Å². The topological polar surface area (TPSA) is 109 Å². The molecule has 1 heterocycles. The summed E-state index contributed by atoms with van der Waals surface area (Å²) in [5.74, 6) is 0.955. The Hall–Kier alpha value is -3.59. The van der Waals surface area contributed by atoms with Crippen molar-refractivity contribution in [2.45, 2.75) is 26.1 Å². The molecule has 0 saturated heterocycles. The first-order valence-corrected chi connectivity index (χ1v) is 10.1. The first kappa shape index (κ1) is 23.1. The fraction of sp³-hybridized carbons (Fsp3) is 0.348. The summed E-state index contributed by atoms with van der Waals surface area (Å²) in [5.41, 5.74) is 1.08. The lowest BCUT2D eigenvalue weighted by Gasteiger charge is -2.14. The quantitative estimate of drug-likeness (QED) is 0.510. The van der Waals surface area contributed by atoms with Gasteiger partial charge in [0.05, 0.1) is 25.1 Å². The molecule has 0 aliphatic carbocycles. The van der Waals surface area contributed by atoms with Crippen molar-refractivity contribution in [3.63, 3.8) is 0 Å². The van der Waals surface area contributed by atoms with E-state index in [2.05, 4.69) is 4.98 Å². The summed E-state index contributed by atoms with van der Waals surface area (Å²) in [5, 5.41) is 9.63. The van der Waals surface area contributed by atoms with E-state index < -0.39 is 12.1 Å². The molecule has 0 amide bonds. The second-order valence-electron chi connectivity index (χ2n) is 7.04. The number of carboxylic acids is 1. The summed E-state index contributed by atoms with van der Waals surface area (Å²) in [6.45, 7) is 2.16. The first-order valence-electron chi connectivity index (χ1n) is 10.1. The number of methoxy groups -OCH3 is 2. The third-order valence-corrected chi connectivity index (χ3v) is 5.03. The van der Waals surface area contributed by atoms with Crippen LogP contribution < -0.4 is 19.8 Å². The van der Waals surface area contributed by atoms with Gasteiger partial charge in [-0.1, -0.05) is 12.1 Å². The molecule has 0 radical (unpaired) electrons. The molecule has 1 atom stereocenters. The average molecular weight is 442 g/mol. The maximum Gasteiger partial charge on any atom is 0.333 e. The number of aromatic nitrogens is 2. The van der Waals surface area contributed by atoms with E-state index in [0.29, 0.717) is 40.6 Å². The number of carboxylic acid groups (broad SMARTS) is 1. The van der Waals surface area contributed by atoms with Crippen LogP contribution in [0.5, 0.6) is 17.2 Å². The first-order chi connectivity index (χ1) is 15.4. The lowest BCUT2D eigenvalue weighted by atomic mass is 10.1. The molecule has 0 fully saturated rings. The van der Waals surface area contributed by atoms with Crippen molar-refractivity contribution < 1.29 is 28.8 Å². The van der Waals surface area contributed by atoms with Crippen LogP contribution in [0, 0.1) is 0 Å². The van der Waals surface area contributed by atoms with E-state index in [1.165, 1.54) is 18.8 Å². The lowest BCUT2D eigenvalue weighted by molar-refractivity contribution is -0.149. The highest BCUT2D eigenvalue weighted by atomic mass is 16.5. The van der Waals surface area contributed by atoms with E-state index in [-0.39, 0.29) is 18.6 Å². The highest BCUT2D eigenvalue weighted by Gasteiger charge is 2.18. The number of benzene rings is 2. The summed E-state index contributed by atoms with van der Waals surface area (Å²) in [6, 6.07) is 10.3. The van der Waals surface area contributed by atoms with Gasteiger partial charge in [-0.3, -0.25) is 9.36 Å². The molecule has 0 bridgehead atoms. The predicted octanol–water partition coefficient (Wildman–Crippen LogP) is 2.56. The summed E-state index contributed by atoms with van der Waals surface area (Å²) >= 11 is 0. The van der Waals surface area contributed by atoms with Gasteiger partial charge in [-0.25, -0.2) is 9.78 Å². The Bertz CT molecular complexity index is 1160. The molecule has 3 rings (SSSR count). The minimum Gasteiger partial charge on any atom is -0.493 e. The van der Waals surface area contributed by atoms with Gasteiger partial charge in [-0.05, 0) is 30.7 Å². The van der Waals surface area contributed by atoms with Crippen LogP contribution >= 0.6 is 0 Å². The fourth-order valence-electron chi connectivity index (χ4n) is 3.28. The van der Waals surface area contributed by atoms with Crippen LogP contribution in [0.3, 0.4) is 0 Å². The zero-order valence-corrected chi connectivity index (χ0v) is 18.5. The SMILES string of the molecule is CCOC(Cc1ccc(OCc2nc3cc(OC)c(OC)cc3c(=O)n2C)cc1)C(=O)O. The van der Waals surface area contributed by atoms with Gasteiger partial charge >= 0.3 is 5.97 Å². The fourth-order valence-corrected chi connectivity index (χ4v) is 3.28. The van der Waals surface area contributed by atoms with Gasteiger partial charge in [-0.2, -0.15) is 0 Å². The second kappa shape index (κ2) is 10.1. The Morgan fingerprint density at radius 1 is 1.12 bits per heavy atom. The van der Waals surface area contributed by atoms with Crippen LogP contribution in [0.15, 0.2) is 41.2 Å². The number of aliphatic carboxylic acids is 1. The zero-order chi connectivity index (χ0) is 23.3. The molecule has 9 heteroatoms. The Balaban J connectivity index is 1.78. The smallest absolute Gasteiger partial charge is 0.333 e. The molecule has 170 valence electrons. The average Bonchev–Trinajstić information content (AvgIpc) is 2.80. The number of rotatable bonds is 10. The van der Waals surface area contributed by atoms with Crippen LogP contribution in [0.25, 0.3) is 10.9 Å². The van der Waals surface area contributed by atoms with Gasteiger partial charge in [-0.15, -0.1) is 0 Å². The number of hydrogen-bond acceptors (Lipinski definition) is 7. The van der Waals surface area contributed by atoms with Crippen molar-refractivity contribution in [3.05, 3.63) is 58.1 Å². The van der Waals surface area contributed by atoms with Crippen LogP contribution in [-0.2, 0) is 29.6 Å². The predicted molar refractivity (Wildman–Crippen MR) is 118 cm³/mol. The number of nitrogens with zero attached hydrogens (tertiary/aromatic N) is 2. The molecule has 32 heavy (non-hydrogen) atoms. The molecule has 0 aliphatic heterocycles. The molecular weight excluding hydrogens is 416 g/mol. The summed E-state index contributed by atoms with van der Waals surface area (Å²) in [7, 11) is 4.66. The molecule has 1 unspecified atom stereocenters. The van der Waals surface area contributed by atoms with Crippen molar-refractivity contribution in [1.82, 2.24) is 9.55 Å². The van der Waals surface area contributed by atoms with E-state index in [1.54, 1.807) is 50.4 Å². The lowest BCUT2D eigenvalue weighted by Crippen LogP contribution is -2.26. The Kier molecular flexibility index (Phi) is 7.32. The maximum atomic E-state index is 12.8. The van der Waals surface area contributed by atoms with E-state index >= 15 is 0 Å². The summed E-state index contributed by atoms with van der Waals surface area (Å²) in [4.78, 5) is 28.6.